The summed E-state index contributed by atoms with van der Waals surface area (Å²) in [6.07, 6.45) is 0. The van der Waals surface area contributed by atoms with E-state index in [0.717, 1.165) is 11.3 Å². The Labute approximate surface area is 172 Å². The zero-order valence-electron chi connectivity index (χ0n) is 16.9. The van der Waals surface area contributed by atoms with Gasteiger partial charge in [0.25, 0.3) is 5.91 Å². The van der Waals surface area contributed by atoms with Gasteiger partial charge in [0.05, 0.1) is 38.6 Å². The fraction of sp³-hybridized carbons (Fsp3) is 0.350. The normalized spacial score (nSPS) is 10.2. The van der Waals surface area contributed by atoms with E-state index in [1.54, 1.807) is 39.0 Å². The van der Waals surface area contributed by atoms with Gasteiger partial charge in [-0.3, -0.25) is 4.79 Å². The SMILES string of the molecule is CCOC(=O)c1sc(NC(=O)c2cccc(OC)c2OC)c(C(=O)OCC)c1C. The maximum absolute atomic E-state index is 12.9. The van der Waals surface area contributed by atoms with Crippen LogP contribution >= 0.6 is 11.3 Å². The predicted molar refractivity (Wildman–Crippen MR) is 108 cm³/mol. The highest BCUT2D eigenvalue weighted by Gasteiger charge is 2.28. The summed E-state index contributed by atoms with van der Waals surface area (Å²) in [4.78, 5) is 37.8. The molecule has 0 atom stereocenters. The second kappa shape index (κ2) is 9.92. The first-order valence-electron chi connectivity index (χ1n) is 8.89. The number of nitrogens with one attached hydrogen (secondary N) is 1. The van der Waals surface area contributed by atoms with Crippen LogP contribution < -0.4 is 14.8 Å². The molecule has 0 fully saturated rings. The number of ether oxygens (including phenoxy) is 4. The van der Waals surface area contributed by atoms with Crippen LogP contribution in [0.4, 0.5) is 5.00 Å². The third-order valence-electron chi connectivity index (χ3n) is 3.96. The lowest BCUT2D eigenvalue weighted by molar-refractivity contribution is 0.0527. The molecular formula is C20H23NO7S. The number of carbonyl (C=O) groups excluding carboxylic acids is 3. The first-order valence-corrected chi connectivity index (χ1v) is 9.71. The summed E-state index contributed by atoms with van der Waals surface area (Å²) in [5.41, 5.74) is 0.723. The fourth-order valence-electron chi connectivity index (χ4n) is 2.68. The van der Waals surface area contributed by atoms with Crippen molar-refractivity contribution in [1.82, 2.24) is 0 Å². The molecule has 9 heteroatoms. The Balaban J connectivity index is 2.48. The maximum Gasteiger partial charge on any atom is 0.348 e. The number of anilines is 1. The van der Waals surface area contributed by atoms with Crippen LogP contribution in [0.25, 0.3) is 0 Å². The van der Waals surface area contributed by atoms with Gasteiger partial charge in [0.2, 0.25) is 0 Å². The molecule has 2 aromatic rings. The predicted octanol–water partition coefficient (Wildman–Crippen LogP) is 3.68. The van der Waals surface area contributed by atoms with Gasteiger partial charge >= 0.3 is 11.9 Å². The second-order valence-electron chi connectivity index (χ2n) is 5.70. The summed E-state index contributed by atoms with van der Waals surface area (Å²) in [5, 5.41) is 2.88. The van der Waals surface area contributed by atoms with Crippen LogP contribution in [0, 0.1) is 6.92 Å². The number of amides is 1. The van der Waals surface area contributed by atoms with Crippen molar-refractivity contribution in [2.24, 2.45) is 0 Å². The molecule has 0 bridgehead atoms. The van der Waals surface area contributed by atoms with Gasteiger partial charge in [-0.05, 0) is 38.5 Å². The van der Waals surface area contributed by atoms with Crippen molar-refractivity contribution in [2.75, 3.05) is 32.8 Å². The first-order chi connectivity index (χ1) is 13.9. The van der Waals surface area contributed by atoms with Gasteiger partial charge in [-0.2, -0.15) is 0 Å². The van der Waals surface area contributed by atoms with Gasteiger partial charge in [0.15, 0.2) is 11.5 Å². The smallest absolute Gasteiger partial charge is 0.348 e. The number of rotatable bonds is 8. The van der Waals surface area contributed by atoms with E-state index in [0.29, 0.717) is 11.3 Å². The highest BCUT2D eigenvalue weighted by atomic mass is 32.1. The monoisotopic (exact) mass is 421 g/mol. The van der Waals surface area contributed by atoms with Gasteiger partial charge in [0.1, 0.15) is 9.88 Å². The number of hydrogen-bond donors (Lipinski definition) is 1. The summed E-state index contributed by atoms with van der Waals surface area (Å²) in [7, 11) is 2.89. The van der Waals surface area contributed by atoms with Crippen LogP contribution in [0.1, 0.15) is 49.8 Å². The molecule has 29 heavy (non-hydrogen) atoms. The van der Waals surface area contributed by atoms with Crippen molar-refractivity contribution < 1.29 is 33.3 Å². The summed E-state index contributed by atoms with van der Waals surface area (Å²) < 4.78 is 20.6. The zero-order chi connectivity index (χ0) is 21.6. The van der Waals surface area contributed by atoms with Crippen molar-refractivity contribution >= 4 is 34.2 Å². The fourth-order valence-corrected chi connectivity index (χ4v) is 3.76. The largest absolute Gasteiger partial charge is 0.493 e. The van der Waals surface area contributed by atoms with E-state index in [2.05, 4.69) is 5.32 Å². The summed E-state index contributed by atoms with van der Waals surface area (Å²) in [6, 6.07) is 4.87. The number of thiophene rings is 1. The number of hydrogen-bond acceptors (Lipinski definition) is 8. The summed E-state index contributed by atoms with van der Waals surface area (Å²) in [6.45, 7) is 5.31. The maximum atomic E-state index is 12.9. The molecule has 0 radical (unpaired) electrons. The molecule has 1 aromatic heterocycles. The second-order valence-corrected chi connectivity index (χ2v) is 6.72. The molecule has 1 aromatic carbocycles. The summed E-state index contributed by atoms with van der Waals surface area (Å²) >= 11 is 0.955. The van der Waals surface area contributed by atoms with E-state index in [-0.39, 0.29) is 40.0 Å². The molecule has 0 saturated heterocycles. The number of para-hydroxylation sites is 1. The van der Waals surface area contributed by atoms with E-state index >= 15 is 0 Å². The van der Waals surface area contributed by atoms with Gasteiger partial charge in [0, 0.05) is 0 Å². The number of esters is 2. The average molecular weight is 421 g/mol. The standard InChI is InChI=1S/C20H23NO7S/c1-6-27-19(23)14-11(3)16(20(24)28-7-2)29-18(14)21-17(22)12-9-8-10-13(25-4)15(12)26-5/h8-10H,6-7H2,1-5H3,(H,21,22). The molecule has 8 nitrogen and oxygen atoms in total. The highest BCUT2D eigenvalue weighted by molar-refractivity contribution is 7.18. The third kappa shape index (κ3) is 4.68. The van der Waals surface area contributed by atoms with Crippen LogP contribution in [0.2, 0.25) is 0 Å². The van der Waals surface area contributed by atoms with Crippen LogP contribution in [0.5, 0.6) is 11.5 Å². The Morgan fingerprint density at radius 3 is 2.24 bits per heavy atom. The molecule has 0 saturated carbocycles. The first kappa shape index (κ1) is 22.2. The lowest BCUT2D eigenvalue weighted by Crippen LogP contribution is -2.16. The van der Waals surface area contributed by atoms with E-state index in [9.17, 15) is 14.4 Å². The van der Waals surface area contributed by atoms with E-state index < -0.39 is 17.8 Å². The minimum atomic E-state index is -0.635. The van der Waals surface area contributed by atoms with Crippen LogP contribution in [0.15, 0.2) is 18.2 Å². The number of methoxy groups -OCH3 is 2. The minimum Gasteiger partial charge on any atom is -0.493 e. The molecular weight excluding hydrogens is 398 g/mol. The van der Waals surface area contributed by atoms with Crippen molar-refractivity contribution in [3.63, 3.8) is 0 Å². The van der Waals surface area contributed by atoms with Crippen molar-refractivity contribution in [2.45, 2.75) is 20.8 Å². The lowest BCUT2D eigenvalue weighted by atomic mass is 10.1. The summed E-state index contributed by atoms with van der Waals surface area (Å²) in [5.74, 6) is -1.09. The van der Waals surface area contributed by atoms with Gasteiger partial charge in [-0.1, -0.05) is 6.07 Å². The molecule has 0 unspecified atom stereocenters. The molecule has 1 amide bonds. The Morgan fingerprint density at radius 2 is 1.66 bits per heavy atom. The van der Waals surface area contributed by atoms with Gasteiger partial charge in [-0.25, -0.2) is 9.59 Å². The Bertz CT molecular complexity index is 920. The molecule has 156 valence electrons. The lowest BCUT2D eigenvalue weighted by Gasteiger charge is -2.12. The van der Waals surface area contributed by atoms with E-state index in [1.165, 1.54) is 14.2 Å². The average Bonchev–Trinajstić information content (AvgIpc) is 3.03. The molecule has 1 heterocycles. The zero-order valence-corrected chi connectivity index (χ0v) is 17.7. The molecule has 0 aliphatic carbocycles. The van der Waals surface area contributed by atoms with E-state index in [1.807, 2.05) is 0 Å². The van der Waals surface area contributed by atoms with Gasteiger partial charge in [-0.15, -0.1) is 11.3 Å². The Morgan fingerprint density at radius 1 is 1.00 bits per heavy atom. The van der Waals surface area contributed by atoms with Gasteiger partial charge < -0.3 is 24.3 Å². The van der Waals surface area contributed by atoms with Crippen LogP contribution in [0.3, 0.4) is 0 Å². The Kier molecular flexibility index (Phi) is 7.60. The molecule has 2 rings (SSSR count). The Hall–Kier alpha value is -3.07. The third-order valence-corrected chi connectivity index (χ3v) is 5.15. The minimum absolute atomic E-state index is 0.120. The van der Waals surface area contributed by atoms with Crippen molar-refractivity contribution in [3.05, 3.63) is 39.8 Å². The van der Waals surface area contributed by atoms with Crippen molar-refractivity contribution in [1.29, 1.82) is 0 Å². The highest BCUT2D eigenvalue weighted by Crippen LogP contribution is 2.36. The van der Waals surface area contributed by atoms with E-state index in [4.69, 9.17) is 18.9 Å². The molecule has 0 spiro atoms. The van der Waals surface area contributed by atoms with Crippen LogP contribution in [-0.2, 0) is 9.47 Å². The number of carbonyl (C=O) groups is 3. The topological polar surface area (TPSA) is 100 Å². The number of benzene rings is 1. The molecule has 0 aliphatic rings. The molecule has 1 N–H and O–H groups in total. The van der Waals surface area contributed by atoms with Crippen molar-refractivity contribution in [3.8, 4) is 11.5 Å². The quantitative estimate of drug-likeness (QED) is 0.649. The van der Waals surface area contributed by atoms with Crippen LogP contribution in [-0.4, -0.2) is 45.3 Å². The molecule has 0 aliphatic heterocycles.